The maximum Gasteiger partial charge on any atom is 0.412 e. The molecular formula is C25H26N6O10S2. The number of aromatic hydroxyl groups is 2. The summed E-state index contributed by atoms with van der Waals surface area (Å²) >= 11 is 2.57. The van der Waals surface area contributed by atoms with Gasteiger partial charge in [0, 0.05) is 21.5 Å². The van der Waals surface area contributed by atoms with Crippen molar-refractivity contribution in [2.75, 3.05) is 25.3 Å². The van der Waals surface area contributed by atoms with Crippen LogP contribution in [-0.2, 0) is 14.2 Å². The molecule has 7 N–H and O–H groups in total. The molecule has 18 heteroatoms. The lowest BCUT2D eigenvalue weighted by Gasteiger charge is -2.19. The number of methoxy groups -OCH3 is 2. The number of esters is 2. The number of anilines is 2. The van der Waals surface area contributed by atoms with Gasteiger partial charge in [0.1, 0.15) is 17.2 Å². The first-order valence-corrected chi connectivity index (χ1v) is 13.8. The van der Waals surface area contributed by atoms with Crippen LogP contribution in [0.4, 0.5) is 16.2 Å². The lowest BCUT2D eigenvalue weighted by molar-refractivity contribution is 0.0580. The molecule has 0 aliphatic heterocycles. The van der Waals surface area contributed by atoms with Crippen molar-refractivity contribution in [3.63, 3.8) is 0 Å². The molecule has 0 aromatic carbocycles. The van der Waals surface area contributed by atoms with Crippen LogP contribution in [0, 0.1) is 0 Å². The van der Waals surface area contributed by atoms with E-state index >= 15 is 0 Å². The van der Waals surface area contributed by atoms with E-state index in [-0.39, 0.29) is 11.6 Å². The van der Waals surface area contributed by atoms with Crippen LogP contribution in [0.5, 0.6) is 11.5 Å². The van der Waals surface area contributed by atoms with Gasteiger partial charge in [0.05, 0.1) is 36.7 Å². The van der Waals surface area contributed by atoms with Crippen LogP contribution in [0.3, 0.4) is 0 Å². The normalized spacial score (nSPS) is 10.7. The van der Waals surface area contributed by atoms with Crippen molar-refractivity contribution in [2.45, 2.75) is 26.4 Å². The number of hydrogen-bond acceptors (Lipinski definition) is 15. The molecule has 0 radical (unpaired) electrons. The SMILES string of the molecule is COC(=O)c1nc(-c2cscc2N)[nH]c(=O)c1O.COC(=O)c1nc(-c2cscc2NC(=O)OC(C)(C)C)[nH]c(=O)c1O. The van der Waals surface area contributed by atoms with E-state index in [0.717, 1.165) is 14.2 Å². The molecule has 0 saturated carbocycles. The van der Waals surface area contributed by atoms with Gasteiger partial charge in [-0.25, -0.2) is 24.4 Å². The van der Waals surface area contributed by atoms with E-state index in [1.54, 1.807) is 42.3 Å². The summed E-state index contributed by atoms with van der Waals surface area (Å²) in [7, 11) is 2.23. The summed E-state index contributed by atoms with van der Waals surface area (Å²) in [6, 6.07) is 0. The molecule has 1 amide bonds. The Morgan fingerprint density at radius 1 is 0.837 bits per heavy atom. The Morgan fingerprint density at radius 2 is 1.30 bits per heavy atom. The number of nitrogens with one attached hydrogen (secondary N) is 3. The third-order valence-corrected chi connectivity index (χ3v) is 6.55. The average Bonchev–Trinajstić information content (AvgIpc) is 3.58. The fraction of sp³-hybridized carbons (Fsp3) is 0.240. The number of ether oxygens (including phenoxy) is 3. The van der Waals surface area contributed by atoms with Gasteiger partial charge >= 0.3 is 18.0 Å². The molecular weight excluding hydrogens is 608 g/mol. The summed E-state index contributed by atoms with van der Waals surface area (Å²) in [6.07, 6.45) is -0.679. The monoisotopic (exact) mass is 634 g/mol. The van der Waals surface area contributed by atoms with E-state index in [1.165, 1.54) is 22.7 Å². The minimum absolute atomic E-state index is 0.00416. The quantitative estimate of drug-likeness (QED) is 0.137. The zero-order valence-electron chi connectivity index (χ0n) is 23.3. The van der Waals surface area contributed by atoms with Crippen LogP contribution in [0.25, 0.3) is 22.8 Å². The van der Waals surface area contributed by atoms with Crippen molar-refractivity contribution < 1.29 is 38.8 Å². The van der Waals surface area contributed by atoms with Crippen LogP contribution in [0.1, 0.15) is 41.7 Å². The molecule has 4 heterocycles. The maximum atomic E-state index is 11.9. The van der Waals surface area contributed by atoms with E-state index in [4.69, 9.17) is 10.5 Å². The molecule has 0 saturated heterocycles. The fourth-order valence-electron chi connectivity index (χ4n) is 3.16. The Bertz CT molecular complexity index is 1780. The van der Waals surface area contributed by atoms with Crippen molar-refractivity contribution in [3.8, 4) is 34.3 Å². The van der Waals surface area contributed by atoms with Gasteiger partial charge < -0.3 is 40.1 Å². The van der Waals surface area contributed by atoms with Crippen LogP contribution in [-0.4, -0.2) is 68.0 Å². The number of nitrogens with zero attached hydrogens (tertiary/aromatic N) is 2. The number of rotatable bonds is 5. The first-order chi connectivity index (χ1) is 20.2. The Kier molecular flexibility index (Phi) is 9.89. The number of H-pyrrole nitrogens is 2. The van der Waals surface area contributed by atoms with Crippen molar-refractivity contribution >= 4 is 52.1 Å². The third-order valence-electron chi connectivity index (χ3n) is 5.05. The molecule has 0 spiro atoms. The van der Waals surface area contributed by atoms with Gasteiger partial charge in [-0.05, 0) is 20.8 Å². The predicted molar refractivity (Wildman–Crippen MR) is 157 cm³/mol. The van der Waals surface area contributed by atoms with Crippen LogP contribution < -0.4 is 22.2 Å². The van der Waals surface area contributed by atoms with Gasteiger partial charge in [-0.2, -0.15) is 0 Å². The predicted octanol–water partition coefficient (Wildman–Crippen LogP) is 2.91. The Labute approximate surface area is 250 Å². The van der Waals surface area contributed by atoms with Gasteiger partial charge in [0.15, 0.2) is 11.4 Å². The van der Waals surface area contributed by atoms with Gasteiger partial charge in [-0.3, -0.25) is 14.9 Å². The first kappa shape index (κ1) is 32.3. The number of hydrogen-bond donors (Lipinski definition) is 6. The van der Waals surface area contributed by atoms with Gasteiger partial charge in [-0.15, -0.1) is 22.7 Å². The molecule has 228 valence electrons. The van der Waals surface area contributed by atoms with Crippen molar-refractivity contribution in [1.29, 1.82) is 0 Å². The molecule has 0 aliphatic carbocycles. The largest absolute Gasteiger partial charge is 0.501 e. The molecule has 43 heavy (non-hydrogen) atoms. The Balaban J connectivity index is 0.000000248. The van der Waals surface area contributed by atoms with Crippen LogP contribution in [0.2, 0.25) is 0 Å². The Morgan fingerprint density at radius 3 is 1.74 bits per heavy atom. The summed E-state index contributed by atoms with van der Waals surface area (Å²) in [5, 5.41) is 28.2. The molecule has 0 bridgehead atoms. The summed E-state index contributed by atoms with van der Waals surface area (Å²) in [5.74, 6) is -3.37. The highest BCUT2D eigenvalue weighted by Crippen LogP contribution is 2.30. The van der Waals surface area contributed by atoms with Crippen molar-refractivity contribution in [3.05, 3.63) is 53.6 Å². The van der Waals surface area contributed by atoms with Gasteiger partial charge in [-0.1, -0.05) is 0 Å². The zero-order chi connectivity index (χ0) is 32.1. The number of thiophene rings is 2. The number of nitrogen functional groups attached to an aromatic ring is 1. The Hall–Kier alpha value is -5.23. The molecule has 0 atom stereocenters. The minimum atomic E-state index is -0.957. The molecule has 4 aromatic rings. The van der Waals surface area contributed by atoms with E-state index in [1.807, 2.05) is 0 Å². The van der Waals surface area contributed by atoms with E-state index < -0.39 is 57.6 Å². The number of carbonyl (C=O) groups excluding carboxylic acids is 3. The maximum absolute atomic E-state index is 11.9. The third kappa shape index (κ3) is 7.74. The molecule has 4 rings (SSSR count). The summed E-state index contributed by atoms with van der Waals surface area (Å²) in [4.78, 5) is 70.7. The van der Waals surface area contributed by atoms with E-state index in [9.17, 15) is 34.2 Å². The smallest absolute Gasteiger partial charge is 0.412 e. The van der Waals surface area contributed by atoms with E-state index in [0.29, 0.717) is 22.5 Å². The molecule has 0 fully saturated rings. The summed E-state index contributed by atoms with van der Waals surface area (Å²) in [5.41, 5.74) is 3.93. The van der Waals surface area contributed by atoms with Crippen LogP contribution >= 0.6 is 22.7 Å². The van der Waals surface area contributed by atoms with Crippen molar-refractivity contribution in [2.24, 2.45) is 0 Å². The highest BCUT2D eigenvalue weighted by Gasteiger charge is 2.23. The standard InChI is InChI=1S/C15H17N3O6S.C10H9N3O4S/c1-15(2,3)24-14(22)16-8-6-25-5-7(8)11-17-9(13(21)23-4)10(19)12(20)18-11;1-17-10(16)6-7(14)9(15)13-8(12-6)4-2-18-3-5(4)11/h5-6,19H,1-4H3,(H,16,22)(H,17,18,20);2-3,14H,11H2,1H3,(H,12,13,15). The number of nitrogens with two attached hydrogens (primary N) is 1. The lowest BCUT2D eigenvalue weighted by Crippen LogP contribution is -2.27. The second-order valence-corrected chi connectivity index (χ2v) is 10.8. The summed E-state index contributed by atoms with van der Waals surface area (Å²) in [6.45, 7) is 5.17. The second kappa shape index (κ2) is 13.2. The summed E-state index contributed by atoms with van der Waals surface area (Å²) < 4.78 is 14.1. The zero-order valence-corrected chi connectivity index (χ0v) is 24.9. The average molecular weight is 635 g/mol. The molecule has 16 nitrogen and oxygen atoms in total. The van der Waals surface area contributed by atoms with Crippen LogP contribution in [0.15, 0.2) is 31.1 Å². The molecule has 0 unspecified atom stereocenters. The van der Waals surface area contributed by atoms with Gasteiger partial charge in [0.2, 0.25) is 11.5 Å². The first-order valence-electron chi connectivity index (χ1n) is 11.9. The molecule has 4 aromatic heterocycles. The molecule has 0 aliphatic rings. The van der Waals surface area contributed by atoms with E-state index in [2.05, 4.69) is 34.7 Å². The lowest BCUT2D eigenvalue weighted by atomic mass is 10.2. The van der Waals surface area contributed by atoms with Gasteiger partial charge in [0.25, 0.3) is 11.1 Å². The minimum Gasteiger partial charge on any atom is -0.501 e. The van der Waals surface area contributed by atoms with Crippen molar-refractivity contribution in [1.82, 2.24) is 19.9 Å². The fourth-order valence-corrected chi connectivity index (χ4v) is 4.65. The number of amides is 1. The topological polar surface area (TPSA) is 249 Å². The number of aromatic amines is 2. The highest BCUT2D eigenvalue weighted by molar-refractivity contribution is 7.09. The number of aromatic nitrogens is 4. The number of carbonyl (C=O) groups is 3. The highest BCUT2D eigenvalue weighted by atomic mass is 32.1. The second-order valence-electron chi connectivity index (χ2n) is 9.27.